The predicted molar refractivity (Wildman–Crippen MR) is 90.8 cm³/mol. The quantitative estimate of drug-likeness (QED) is 0.200. The number of rotatable bonds is 8. The molecule has 2 atom stereocenters. The van der Waals surface area contributed by atoms with Gasteiger partial charge in [-0.25, -0.2) is 9.59 Å². The van der Waals surface area contributed by atoms with Crippen molar-refractivity contribution in [1.82, 2.24) is 15.7 Å². The zero-order valence-electron chi connectivity index (χ0n) is 16.0. The molecule has 10 nitrogen and oxygen atoms in total. The van der Waals surface area contributed by atoms with Crippen molar-refractivity contribution in [1.29, 1.82) is 0 Å². The van der Waals surface area contributed by atoms with Crippen LogP contribution >= 0.6 is 0 Å². The third kappa shape index (κ3) is 5.67. The van der Waals surface area contributed by atoms with Crippen LogP contribution in [0, 0.1) is 17.8 Å². The minimum atomic E-state index is -3.07. The molecule has 0 fully saturated rings. The van der Waals surface area contributed by atoms with E-state index in [1.165, 1.54) is 7.05 Å². The molecular weight excluding hydrogens is 346 g/mol. The zero-order chi connectivity index (χ0) is 20.7. The molecule has 0 aliphatic carbocycles. The lowest BCUT2D eigenvalue weighted by Crippen LogP contribution is -2.63. The number of esters is 1. The second-order valence-electron chi connectivity index (χ2n) is 6.75. The molecule has 0 rings (SSSR count). The van der Waals surface area contributed by atoms with E-state index in [1.54, 1.807) is 27.7 Å². The Kier molecular flexibility index (Phi) is 9.22. The minimum absolute atomic E-state index is 0.0292. The van der Waals surface area contributed by atoms with Gasteiger partial charge in [-0.2, -0.15) is 0 Å². The Morgan fingerprint density at radius 3 is 2.04 bits per heavy atom. The highest BCUT2D eigenvalue weighted by atomic mass is 16.6. The van der Waals surface area contributed by atoms with Crippen LogP contribution in [0.4, 0.5) is 4.79 Å². The molecule has 10 heteroatoms. The number of methoxy groups -OCH3 is 1. The van der Waals surface area contributed by atoms with Crippen LogP contribution in [0.2, 0.25) is 0 Å². The van der Waals surface area contributed by atoms with E-state index in [0.29, 0.717) is 0 Å². The maximum Gasteiger partial charge on any atom is 0.348 e. The van der Waals surface area contributed by atoms with E-state index in [1.807, 2.05) is 0 Å². The third-order valence-corrected chi connectivity index (χ3v) is 3.64. The van der Waals surface area contributed by atoms with Crippen LogP contribution in [-0.4, -0.2) is 65.5 Å². The SMILES string of the molecule is CNC(=O)[C@H](CC(C)C)[C@@](O)(C(=O)OC)C(=O)N(O)C(=O)NCC(C)C. The summed E-state index contributed by atoms with van der Waals surface area (Å²) in [5, 5.41) is 24.8. The summed E-state index contributed by atoms with van der Waals surface area (Å²) in [7, 11) is 2.18. The van der Waals surface area contributed by atoms with Crippen LogP contribution in [0.5, 0.6) is 0 Å². The summed E-state index contributed by atoms with van der Waals surface area (Å²) in [6.07, 6.45) is -0.0710. The molecule has 26 heavy (non-hydrogen) atoms. The normalized spacial score (nSPS) is 14.4. The van der Waals surface area contributed by atoms with E-state index < -0.39 is 40.4 Å². The van der Waals surface area contributed by atoms with Crippen LogP contribution in [0.1, 0.15) is 34.1 Å². The first-order valence-corrected chi connectivity index (χ1v) is 8.26. The molecular formula is C16H29N3O7. The summed E-state index contributed by atoms with van der Waals surface area (Å²) >= 11 is 0. The van der Waals surface area contributed by atoms with Gasteiger partial charge in [0.1, 0.15) is 0 Å². The summed E-state index contributed by atoms with van der Waals surface area (Å²) < 4.78 is 4.46. The van der Waals surface area contributed by atoms with E-state index in [-0.39, 0.29) is 24.8 Å². The van der Waals surface area contributed by atoms with E-state index in [4.69, 9.17) is 0 Å². The molecule has 0 aliphatic rings. The van der Waals surface area contributed by atoms with Crippen molar-refractivity contribution in [2.45, 2.75) is 39.7 Å². The van der Waals surface area contributed by atoms with Crippen molar-refractivity contribution in [2.75, 3.05) is 20.7 Å². The van der Waals surface area contributed by atoms with E-state index in [9.17, 15) is 29.5 Å². The monoisotopic (exact) mass is 375 g/mol. The van der Waals surface area contributed by atoms with Gasteiger partial charge in [-0.1, -0.05) is 27.7 Å². The Labute approximate surface area is 152 Å². The molecule has 0 bridgehead atoms. The Bertz CT molecular complexity index is 536. The zero-order valence-corrected chi connectivity index (χ0v) is 16.0. The number of nitrogens with zero attached hydrogens (tertiary/aromatic N) is 1. The highest BCUT2D eigenvalue weighted by Crippen LogP contribution is 2.28. The molecule has 4 amide bonds. The summed E-state index contributed by atoms with van der Waals surface area (Å²) in [4.78, 5) is 48.9. The molecule has 0 saturated heterocycles. The number of hydrogen-bond donors (Lipinski definition) is 4. The Hall–Kier alpha value is -2.20. The second kappa shape index (κ2) is 10.1. The number of hydrogen-bond acceptors (Lipinski definition) is 7. The maximum atomic E-state index is 12.6. The van der Waals surface area contributed by atoms with Crippen LogP contribution in [0.15, 0.2) is 0 Å². The fraction of sp³-hybridized carbons (Fsp3) is 0.750. The molecule has 0 aromatic carbocycles. The van der Waals surface area contributed by atoms with Gasteiger partial charge in [-0.15, -0.1) is 5.06 Å². The van der Waals surface area contributed by atoms with Gasteiger partial charge in [0.15, 0.2) is 0 Å². The van der Waals surface area contributed by atoms with Gasteiger partial charge >= 0.3 is 12.0 Å². The maximum absolute atomic E-state index is 12.6. The molecule has 150 valence electrons. The average Bonchev–Trinajstić information content (AvgIpc) is 2.60. The first kappa shape index (κ1) is 23.8. The molecule has 4 N–H and O–H groups in total. The standard InChI is InChI=1S/C16H29N3O7/c1-9(2)7-11(12(20)17-5)16(24,14(22)26-6)13(21)19(25)15(23)18-8-10(3)4/h9-11,24-25H,7-8H2,1-6H3,(H,17,20)(H,18,23)/t11-,16-/m0/s1. The summed E-state index contributed by atoms with van der Waals surface area (Å²) in [5.74, 6) is -5.66. The lowest BCUT2D eigenvalue weighted by atomic mass is 9.80. The summed E-state index contributed by atoms with van der Waals surface area (Å²) in [6, 6.07) is -1.23. The van der Waals surface area contributed by atoms with Gasteiger partial charge in [0, 0.05) is 13.6 Å². The van der Waals surface area contributed by atoms with Crippen molar-refractivity contribution < 1.29 is 34.2 Å². The first-order valence-electron chi connectivity index (χ1n) is 8.26. The fourth-order valence-electron chi connectivity index (χ4n) is 2.27. The van der Waals surface area contributed by atoms with Crippen LogP contribution in [0.25, 0.3) is 0 Å². The first-order chi connectivity index (χ1) is 11.9. The number of ether oxygens (including phenoxy) is 1. The Morgan fingerprint density at radius 2 is 1.65 bits per heavy atom. The van der Waals surface area contributed by atoms with Crippen molar-refractivity contribution in [2.24, 2.45) is 17.8 Å². The average molecular weight is 375 g/mol. The molecule has 0 aromatic heterocycles. The number of nitrogens with one attached hydrogen (secondary N) is 2. The van der Waals surface area contributed by atoms with Gasteiger partial charge in [0.05, 0.1) is 13.0 Å². The molecule has 0 aromatic rings. The highest BCUT2D eigenvalue weighted by Gasteiger charge is 2.57. The summed E-state index contributed by atoms with van der Waals surface area (Å²) in [6.45, 7) is 7.15. The molecule has 0 spiro atoms. The Morgan fingerprint density at radius 1 is 1.12 bits per heavy atom. The van der Waals surface area contributed by atoms with Gasteiger partial charge in [-0.3, -0.25) is 14.8 Å². The number of aliphatic hydroxyl groups is 1. The highest BCUT2D eigenvalue weighted by molar-refractivity contribution is 6.13. The molecule has 0 unspecified atom stereocenters. The molecule has 0 saturated carbocycles. The molecule has 0 heterocycles. The van der Waals surface area contributed by atoms with Crippen LogP contribution < -0.4 is 10.6 Å². The predicted octanol–water partition coefficient (Wildman–Crippen LogP) is -0.118. The Balaban J connectivity index is 5.87. The lowest BCUT2D eigenvalue weighted by Gasteiger charge is -2.33. The minimum Gasteiger partial charge on any atom is -0.466 e. The van der Waals surface area contributed by atoms with Crippen LogP contribution in [-0.2, 0) is 19.1 Å². The smallest absolute Gasteiger partial charge is 0.348 e. The second-order valence-corrected chi connectivity index (χ2v) is 6.75. The lowest BCUT2D eigenvalue weighted by molar-refractivity contribution is -0.195. The molecule has 0 aliphatic heterocycles. The van der Waals surface area contributed by atoms with Crippen LogP contribution in [0.3, 0.4) is 0 Å². The van der Waals surface area contributed by atoms with Gasteiger partial charge in [0.2, 0.25) is 5.91 Å². The van der Waals surface area contributed by atoms with E-state index >= 15 is 0 Å². The van der Waals surface area contributed by atoms with Gasteiger partial charge in [0.25, 0.3) is 11.5 Å². The van der Waals surface area contributed by atoms with Crippen molar-refractivity contribution in [3.8, 4) is 0 Å². The number of imide groups is 1. The number of carbonyl (C=O) groups excluding carboxylic acids is 4. The number of urea groups is 1. The van der Waals surface area contributed by atoms with Gasteiger partial charge < -0.3 is 20.5 Å². The summed E-state index contributed by atoms with van der Waals surface area (Å²) in [5.41, 5.74) is -3.07. The number of hydroxylamine groups is 2. The third-order valence-electron chi connectivity index (χ3n) is 3.64. The number of carbonyl (C=O) groups is 4. The van der Waals surface area contributed by atoms with E-state index in [0.717, 1.165) is 7.11 Å². The number of amides is 4. The topological polar surface area (TPSA) is 145 Å². The largest absolute Gasteiger partial charge is 0.466 e. The van der Waals surface area contributed by atoms with Crippen molar-refractivity contribution in [3.63, 3.8) is 0 Å². The van der Waals surface area contributed by atoms with Crippen molar-refractivity contribution >= 4 is 23.8 Å². The fourth-order valence-corrected chi connectivity index (χ4v) is 2.27. The van der Waals surface area contributed by atoms with E-state index in [2.05, 4.69) is 15.4 Å². The van der Waals surface area contributed by atoms with Crippen molar-refractivity contribution in [3.05, 3.63) is 0 Å². The van der Waals surface area contributed by atoms with Gasteiger partial charge in [-0.05, 0) is 18.3 Å². The molecule has 0 radical (unpaired) electrons.